The van der Waals surface area contributed by atoms with E-state index in [4.69, 9.17) is 16.3 Å². The third-order valence-electron chi connectivity index (χ3n) is 8.58. The molecule has 2 fully saturated rings. The van der Waals surface area contributed by atoms with Crippen molar-refractivity contribution in [1.29, 1.82) is 0 Å². The van der Waals surface area contributed by atoms with Gasteiger partial charge in [0.05, 0.1) is 11.3 Å². The number of hydrogen-bond donors (Lipinski definition) is 1. The molecule has 0 saturated heterocycles. The molecule has 0 unspecified atom stereocenters. The van der Waals surface area contributed by atoms with E-state index in [1.165, 1.54) is 6.08 Å². The smallest absolute Gasteiger partial charge is 0.159 e. The summed E-state index contributed by atoms with van der Waals surface area (Å²) in [6.07, 6.45) is 9.60. The maximum atomic E-state index is 11.2. The van der Waals surface area contributed by atoms with Crippen LogP contribution in [0.25, 0.3) is 44.0 Å². The summed E-state index contributed by atoms with van der Waals surface area (Å²) in [5.74, 6) is -0.286. The number of hydrogen-bond acceptors (Lipinski definition) is 4. The van der Waals surface area contributed by atoms with E-state index in [0.717, 1.165) is 71.2 Å². The predicted octanol–water partition coefficient (Wildman–Crippen LogP) is 11.5. The number of para-hydroxylation sites is 1. The summed E-state index contributed by atoms with van der Waals surface area (Å²) in [6, 6.07) is 18.5. The Morgan fingerprint density at radius 2 is 1.72 bits per heavy atom. The van der Waals surface area contributed by atoms with Crippen LogP contribution in [-0.2, 0) is 24.9 Å². The van der Waals surface area contributed by atoms with E-state index in [0.29, 0.717) is 47.1 Å². The molecule has 0 aliphatic heterocycles. The fraction of sp³-hybridized carbons (Fsp3) is 0.415. The first-order valence-corrected chi connectivity index (χ1v) is 16.3. The summed E-state index contributed by atoms with van der Waals surface area (Å²) < 4.78 is 48.6. The van der Waals surface area contributed by atoms with Gasteiger partial charge in [0, 0.05) is 57.5 Å². The molecule has 243 valence electrons. The third kappa shape index (κ3) is 7.64. The molecule has 5 aromatic rings. The molecule has 46 heavy (non-hydrogen) atoms. The van der Waals surface area contributed by atoms with Gasteiger partial charge in [0.1, 0.15) is 5.58 Å². The number of furan rings is 1. The van der Waals surface area contributed by atoms with Crippen molar-refractivity contribution in [3.8, 4) is 11.3 Å². The van der Waals surface area contributed by atoms with Gasteiger partial charge < -0.3 is 14.5 Å². The molecule has 2 heterocycles. The van der Waals surface area contributed by atoms with Gasteiger partial charge in [-0.1, -0.05) is 94.7 Å². The number of nitrogens with zero attached hydrogens (tertiary/aromatic N) is 1. The monoisotopic (exact) mass is 798 g/mol. The SMILES string of the molecule is CC(C)CC(=O)/C=C(\O)CC(C)C.[2H]C([2H])([2H])c1[c-]c(-c2ncc(C3([2H])CC3)c3cc(C4([2H])CCCC4)ccc23)c2oc3ccccc3c2c1.[Ir]. The van der Waals surface area contributed by atoms with Crippen molar-refractivity contribution in [3.63, 3.8) is 0 Å². The maximum Gasteiger partial charge on any atom is 0.159 e. The molecule has 1 N–H and O–H groups in total. The van der Waals surface area contributed by atoms with Gasteiger partial charge in [-0.05, 0) is 83.0 Å². The molecule has 4 nitrogen and oxygen atoms in total. The van der Waals surface area contributed by atoms with Crippen molar-refractivity contribution in [2.75, 3.05) is 0 Å². The van der Waals surface area contributed by atoms with Gasteiger partial charge in [0.2, 0.25) is 0 Å². The predicted molar refractivity (Wildman–Crippen MR) is 186 cm³/mol. The Morgan fingerprint density at radius 3 is 2.41 bits per heavy atom. The number of benzene rings is 3. The van der Waals surface area contributed by atoms with Gasteiger partial charge in [-0.2, -0.15) is 0 Å². The van der Waals surface area contributed by atoms with Crippen LogP contribution in [0, 0.1) is 24.8 Å². The summed E-state index contributed by atoms with van der Waals surface area (Å²) in [6.45, 7) is 5.66. The first-order chi connectivity index (χ1) is 23.6. The zero-order valence-electron chi connectivity index (χ0n) is 32.1. The van der Waals surface area contributed by atoms with E-state index < -0.39 is 18.6 Å². The first kappa shape index (κ1) is 27.8. The number of aliphatic hydroxyl groups excluding tert-OH is 1. The van der Waals surface area contributed by atoms with Crippen molar-refractivity contribution in [2.24, 2.45) is 11.8 Å². The molecule has 7 rings (SSSR count). The molecule has 2 aliphatic carbocycles. The number of pyridine rings is 1. The van der Waals surface area contributed by atoms with Crippen molar-refractivity contribution in [2.45, 2.75) is 97.7 Å². The van der Waals surface area contributed by atoms with Gasteiger partial charge >= 0.3 is 0 Å². The summed E-state index contributed by atoms with van der Waals surface area (Å²) in [5, 5.41) is 12.7. The average molecular weight is 798 g/mol. The van der Waals surface area contributed by atoms with Crippen LogP contribution >= 0.6 is 0 Å². The Bertz CT molecular complexity index is 2090. The second-order valence-corrected chi connectivity index (χ2v) is 13.4. The number of carbonyl (C=O) groups is 1. The second-order valence-electron chi connectivity index (χ2n) is 13.4. The van der Waals surface area contributed by atoms with Crippen LogP contribution in [0.5, 0.6) is 0 Å². The zero-order chi connectivity index (χ0) is 36.0. The van der Waals surface area contributed by atoms with Crippen LogP contribution in [0.15, 0.2) is 71.0 Å². The van der Waals surface area contributed by atoms with Crippen LogP contribution in [0.2, 0.25) is 0 Å². The largest absolute Gasteiger partial charge is 0.512 e. The molecule has 2 aliphatic rings. The molecular formula is C41H46IrNO3-. The Labute approximate surface area is 294 Å². The summed E-state index contributed by atoms with van der Waals surface area (Å²) in [4.78, 5) is 16.0. The molecule has 2 aromatic heterocycles. The second kappa shape index (κ2) is 14.7. The summed E-state index contributed by atoms with van der Waals surface area (Å²) >= 11 is 0. The number of ketones is 1. The van der Waals surface area contributed by atoms with E-state index in [2.05, 4.69) is 12.1 Å². The van der Waals surface area contributed by atoms with Crippen molar-refractivity contribution in [1.82, 2.24) is 4.98 Å². The number of rotatable bonds is 8. The van der Waals surface area contributed by atoms with Crippen LogP contribution < -0.4 is 0 Å². The Hall–Kier alpha value is -3.27. The molecule has 0 atom stereocenters. The van der Waals surface area contributed by atoms with Crippen molar-refractivity contribution >= 4 is 38.5 Å². The van der Waals surface area contributed by atoms with Crippen LogP contribution in [0.4, 0.5) is 0 Å². The number of allylic oxidation sites excluding steroid dienone is 2. The van der Waals surface area contributed by atoms with Crippen LogP contribution in [0.1, 0.15) is 114 Å². The van der Waals surface area contributed by atoms with E-state index in [1.54, 1.807) is 12.3 Å². The molecule has 5 heteroatoms. The fourth-order valence-corrected chi connectivity index (χ4v) is 6.42. The standard InChI is InChI=1S/C30H26NO.C11H20O2.Ir/c1-18-14-25-22-8-4-5-9-28(22)32-30(25)26(15-18)29-23-13-12-21(19-6-2-3-7-19)16-24(23)27(17-31-29)20-10-11-20;1-8(2)5-10(12)7-11(13)6-9(3)4;/h4-5,8-9,12-14,16-17,19-20H,2-3,6-7,10-11H2,1H3;7-9,12H,5-6H2,1-4H3;/q-1;;/b;10-7-;/i1D3,19D,20D;;. The van der Waals surface area contributed by atoms with E-state index in [-0.39, 0.29) is 37.2 Å². The van der Waals surface area contributed by atoms with Crippen LogP contribution in [-0.4, -0.2) is 15.9 Å². The van der Waals surface area contributed by atoms with Gasteiger partial charge in [0.15, 0.2) is 5.78 Å². The average Bonchev–Trinajstić information content (AvgIpc) is 3.44. The van der Waals surface area contributed by atoms with Gasteiger partial charge in [-0.15, -0.1) is 17.7 Å². The fourth-order valence-electron chi connectivity index (χ4n) is 6.42. The molecule has 3 aromatic carbocycles. The molecule has 0 bridgehead atoms. The molecule has 1 radical (unpaired) electrons. The van der Waals surface area contributed by atoms with Gasteiger partial charge in [-0.3, -0.25) is 4.79 Å². The number of aryl methyl sites for hydroxylation is 1. The molecular weight excluding hydrogens is 747 g/mol. The number of aromatic nitrogens is 1. The zero-order valence-corrected chi connectivity index (χ0v) is 29.5. The molecule has 2 saturated carbocycles. The van der Waals surface area contributed by atoms with E-state index >= 15 is 0 Å². The normalized spacial score (nSPS) is 18.7. The topological polar surface area (TPSA) is 63.3 Å². The Kier molecular flexibility index (Phi) is 8.86. The van der Waals surface area contributed by atoms with E-state index in [9.17, 15) is 9.90 Å². The summed E-state index contributed by atoms with van der Waals surface area (Å²) in [7, 11) is 0. The minimum atomic E-state index is -2.34. The van der Waals surface area contributed by atoms with E-state index in [1.807, 2.05) is 64.1 Å². The quantitative estimate of drug-likeness (QED) is 0.0965. The van der Waals surface area contributed by atoms with Crippen LogP contribution in [0.3, 0.4) is 0 Å². The minimum Gasteiger partial charge on any atom is -0.512 e. The Balaban J connectivity index is 0.000000310. The Morgan fingerprint density at radius 1 is 0.978 bits per heavy atom. The van der Waals surface area contributed by atoms with Gasteiger partial charge in [-0.25, -0.2) is 0 Å². The van der Waals surface area contributed by atoms with Crippen molar-refractivity contribution in [3.05, 3.63) is 89.3 Å². The maximum absolute atomic E-state index is 11.2. The molecule has 0 amide bonds. The number of aliphatic hydroxyl groups is 1. The number of fused-ring (bicyclic) bond motifs is 4. The van der Waals surface area contributed by atoms with Crippen molar-refractivity contribution < 1.29 is 41.3 Å². The molecule has 0 spiro atoms. The third-order valence-corrected chi connectivity index (χ3v) is 8.58. The van der Waals surface area contributed by atoms with Gasteiger partial charge in [0.25, 0.3) is 0 Å². The number of carbonyl (C=O) groups excluding carboxylic acids is 1. The first-order valence-electron chi connectivity index (χ1n) is 18.8. The summed E-state index contributed by atoms with van der Waals surface area (Å²) in [5.41, 5.74) is 4.32. The minimum absolute atomic E-state index is 0.